The van der Waals surface area contributed by atoms with E-state index in [1.807, 2.05) is 6.07 Å². The molecule has 0 aliphatic rings. The molecule has 0 amide bonds. The van der Waals surface area contributed by atoms with E-state index in [1.54, 1.807) is 30.3 Å². The van der Waals surface area contributed by atoms with E-state index < -0.39 is 11.7 Å². The van der Waals surface area contributed by atoms with Crippen LogP contribution in [-0.2, 0) is 6.18 Å². The summed E-state index contributed by atoms with van der Waals surface area (Å²) in [6.07, 6.45) is -3.65. The molecule has 0 aliphatic heterocycles. The van der Waals surface area contributed by atoms with Gasteiger partial charge in [-0.3, -0.25) is 5.41 Å². The van der Waals surface area contributed by atoms with Crippen LogP contribution in [0.3, 0.4) is 0 Å². The Morgan fingerprint density at radius 3 is 2.39 bits per heavy atom. The highest BCUT2D eigenvalue weighted by atomic mass is 32.2. The van der Waals surface area contributed by atoms with Crippen molar-refractivity contribution in [2.24, 2.45) is 4.99 Å². The van der Waals surface area contributed by atoms with Crippen LogP contribution >= 0.6 is 11.8 Å². The number of hydrogen-bond acceptors (Lipinski definition) is 7. The van der Waals surface area contributed by atoms with Gasteiger partial charge in [0.1, 0.15) is 6.34 Å². The van der Waals surface area contributed by atoms with E-state index in [4.69, 9.17) is 15.1 Å². The van der Waals surface area contributed by atoms with Crippen molar-refractivity contribution in [1.82, 2.24) is 20.2 Å². The highest BCUT2D eigenvalue weighted by Gasteiger charge is 2.30. The van der Waals surface area contributed by atoms with Gasteiger partial charge in [-0.15, -0.1) is 10.2 Å². The Kier molecular flexibility index (Phi) is 6.05. The van der Waals surface area contributed by atoms with Gasteiger partial charge in [0.15, 0.2) is 0 Å². The molecule has 0 bridgehead atoms. The largest absolute Gasteiger partial charge is 0.416 e. The van der Waals surface area contributed by atoms with E-state index >= 15 is 0 Å². The summed E-state index contributed by atoms with van der Waals surface area (Å²) in [4.78, 5) is 10.9. The molecule has 0 atom stereocenters. The van der Waals surface area contributed by atoms with Gasteiger partial charge in [0.2, 0.25) is 11.5 Å². The topological polar surface area (TPSA) is 128 Å². The first-order chi connectivity index (χ1) is 15.9. The highest BCUT2D eigenvalue weighted by Crippen LogP contribution is 2.32. The molecular weight excluding hydrogens is 455 g/mol. The number of benzene rings is 2. The molecule has 0 fully saturated rings. The van der Waals surface area contributed by atoms with E-state index in [-0.39, 0.29) is 16.7 Å². The number of aromatic nitrogens is 4. The third-order valence-corrected chi connectivity index (χ3v) is 5.07. The number of halogens is 3. The molecule has 164 valence electrons. The zero-order chi connectivity index (χ0) is 23.4. The quantitative estimate of drug-likeness (QED) is 0.249. The van der Waals surface area contributed by atoms with Crippen LogP contribution in [0.15, 0.2) is 74.3 Å². The third-order valence-electron chi connectivity index (χ3n) is 4.29. The molecule has 0 saturated heterocycles. The Morgan fingerprint density at radius 1 is 1.06 bits per heavy atom. The maximum Gasteiger partial charge on any atom is 0.416 e. The van der Waals surface area contributed by atoms with E-state index in [0.29, 0.717) is 27.4 Å². The van der Waals surface area contributed by atoms with Crippen molar-refractivity contribution in [3.05, 3.63) is 71.3 Å². The summed E-state index contributed by atoms with van der Waals surface area (Å²) in [6.45, 7) is 0. The molecule has 0 spiro atoms. The van der Waals surface area contributed by atoms with Crippen LogP contribution < -0.4 is 5.62 Å². The van der Waals surface area contributed by atoms with E-state index in [0.717, 1.165) is 30.2 Å². The van der Waals surface area contributed by atoms with Crippen LogP contribution in [0.4, 0.5) is 13.2 Å². The first-order valence-corrected chi connectivity index (χ1v) is 10.0. The fourth-order valence-corrected chi connectivity index (χ4v) is 3.45. The monoisotopic (exact) mass is 467 g/mol. The minimum Gasteiger partial charge on any atom is -0.411 e. The molecular formula is C21H12F3N7OS. The zero-order valence-electron chi connectivity index (χ0n) is 16.5. The van der Waals surface area contributed by atoms with Crippen molar-refractivity contribution in [2.75, 3.05) is 0 Å². The average molecular weight is 467 g/mol. The standard InChI is InChI=1S/C21H12F3N7OS/c22-21(23,24)15-7-5-13(6-8-15)16-9-17(29-19(28-16)27-11-26)33-20-31-30-18(32-20)14-3-1-12(10-25)2-4-14/h1-9,11H,(H2,26,27,28,29). The molecule has 12 heteroatoms. The van der Waals surface area contributed by atoms with Crippen LogP contribution in [-0.4, -0.2) is 26.5 Å². The SMILES string of the molecule is N#Cc1ccc(-c2nnc(Sc3cc(-c4ccc(C(F)(F)F)cc4)n/c(=N/C=N)[nH]3)o2)cc1. The first-order valence-electron chi connectivity index (χ1n) is 9.19. The Bertz CT molecular complexity index is 1400. The van der Waals surface area contributed by atoms with Gasteiger partial charge in [0, 0.05) is 11.1 Å². The fraction of sp³-hybridized carbons (Fsp3) is 0.0476. The molecule has 4 rings (SSSR count). The molecule has 0 radical (unpaired) electrons. The molecule has 2 heterocycles. The molecule has 2 aromatic carbocycles. The first kappa shape index (κ1) is 22.0. The van der Waals surface area contributed by atoms with Gasteiger partial charge in [-0.25, -0.2) is 9.98 Å². The van der Waals surface area contributed by atoms with Gasteiger partial charge in [-0.2, -0.15) is 18.4 Å². The van der Waals surface area contributed by atoms with Crippen molar-refractivity contribution in [3.8, 4) is 28.8 Å². The lowest BCUT2D eigenvalue weighted by molar-refractivity contribution is -0.137. The maximum atomic E-state index is 12.9. The van der Waals surface area contributed by atoms with E-state index in [2.05, 4.69) is 25.2 Å². The minimum absolute atomic E-state index is 0.0803. The van der Waals surface area contributed by atoms with Crippen LogP contribution in [0.5, 0.6) is 0 Å². The maximum absolute atomic E-state index is 12.9. The Labute approximate surface area is 188 Å². The summed E-state index contributed by atoms with van der Waals surface area (Å²) in [5, 5.41) is 24.7. The van der Waals surface area contributed by atoms with Crippen molar-refractivity contribution >= 4 is 18.1 Å². The smallest absolute Gasteiger partial charge is 0.411 e. The van der Waals surface area contributed by atoms with Gasteiger partial charge < -0.3 is 9.40 Å². The predicted octanol–water partition coefficient (Wildman–Crippen LogP) is 4.68. The second kappa shape index (κ2) is 9.09. The van der Waals surface area contributed by atoms with Crippen molar-refractivity contribution < 1.29 is 17.6 Å². The number of H-pyrrole nitrogens is 1. The fourth-order valence-electron chi connectivity index (χ4n) is 2.75. The predicted molar refractivity (Wildman–Crippen MR) is 112 cm³/mol. The Balaban J connectivity index is 1.64. The molecule has 4 aromatic rings. The summed E-state index contributed by atoms with van der Waals surface area (Å²) in [5.41, 5.74) is 1.22. The number of nitriles is 1. The Hall–Kier alpha value is -4.24. The van der Waals surface area contributed by atoms with Crippen molar-refractivity contribution in [3.63, 3.8) is 0 Å². The molecule has 8 nitrogen and oxygen atoms in total. The lowest BCUT2D eigenvalue weighted by Gasteiger charge is -2.08. The third kappa shape index (κ3) is 5.16. The highest BCUT2D eigenvalue weighted by molar-refractivity contribution is 7.99. The second-order valence-electron chi connectivity index (χ2n) is 6.45. The summed E-state index contributed by atoms with van der Waals surface area (Å²) in [7, 11) is 0. The molecule has 0 unspecified atom stereocenters. The number of rotatable bonds is 5. The number of alkyl halides is 3. The number of nitrogens with one attached hydrogen (secondary N) is 2. The molecule has 2 aromatic heterocycles. The average Bonchev–Trinajstić information content (AvgIpc) is 3.27. The normalized spacial score (nSPS) is 11.9. The van der Waals surface area contributed by atoms with E-state index in [1.165, 1.54) is 12.1 Å². The molecule has 2 N–H and O–H groups in total. The summed E-state index contributed by atoms with van der Waals surface area (Å²) in [5.74, 6) is 0.253. The molecule has 0 aliphatic carbocycles. The van der Waals surface area contributed by atoms with Gasteiger partial charge in [0.25, 0.3) is 5.22 Å². The number of nitrogens with zero attached hydrogens (tertiary/aromatic N) is 5. The van der Waals surface area contributed by atoms with Gasteiger partial charge in [-0.1, -0.05) is 12.1 Å². The van der Waals surface area contributed by atoms with Crippen LogP contribution in [0.2, 0.25) is 0 Å². The van der Waals surface area contributed by atoms with Crippen LogP contribution in [0, 0.1) is 16.7 Å². The lowest BCUT2D eigenvalue weighted by atomic mass is 10.1. The second-order valence-corrected chi connectivity index (χ2v) is 7.45. The summed E-state index contributed by atoms with van der Waals surface area (Å²) in [6, 6.07) is 14.8. The lowest BCUT2D eigenvalue weighted by Crippen LogP contribution is -2.14. The zero-order valence-corrected chi connectivity index (χ0v) is 17.3. The van der Waals surface area contributed by atoms with Gasteiger partial charge in [-0.05, 0) is 54.2 Å². The van der Waals surface area contributed by atoms with Crippen LogP contribution in [0.25, 0.3) is 22.7 Å². The van der Waals surface area contributed by atoms with Crippen LogP contribution in [0.1, 0.15) is 11.1 Å². The summed E-state index contributed by atoms with van der Waals surface area (Å²) >= 11 is 1.06. The van der Waals surface area contributed by atoms with Crippen molar-refractivity contribution in [1.29, 1.82) is 10.7 Å². The molecule has 33 heavy (non-hydrogen) atoms. The van der Waals surface area contributed by atoms with Crippen molar-refractivity contribution in [2.45, 2.75) is 16.4 Å². The van der Waals surface area contributed by atoms with E-state index in [9.17, 15) is 13.2 Å². The number of aromatic amines is 1. The Morgan fingerprint density at radius 2 is 1.76 bits per heavy atom. The van der Waals surface area contributed by atoms with Gasteiger partial charge in [0.05, 0.1) is 27.9 Å². The summed E-state index contributed by atoms with van der Waals surface area (Å²) < 4.78 is 44.2. The van der Waals surface area contributed by atoms with Gasteiger partial charge >= 0.3 is 6.18 Å². The number of hydrogen-bond donors (Lipinski definition) is 2. The molecule has 0 saturated carbocycles. The minimum atomic E-state index is -4.44.